The first-order valence-electron chi connectivity index (χ1n) is 4.53. The molecule has 1 aliphatic heterocycles. The Labute approximate surface area is 90.9 Å². The van der Waals surface area contributed by atoms with Gasteiger partial charge >= 0.3 is 0 Å². The van der Waals surface area contributed by atoms with Gasteiger partial charge in [0.25, 0.3) is 5.91 Å². The van der Waals surface area contributed by atoms with Gasteiger partial charge in [0.1, 0.15) is 12.4 Å². The van der Waals surface area contributed by atoms with Crippen molar-refractivity contribution in [3.8, 4) is 0 Å². The summed E-state index contributed by atoms with van der Waals surface area (Å²) in [7, 11) is 1.49. The lowest BCUT2D eigenvalue weighted by Gasteiger charge is -2.27. The van der Waals surface area contributed by atoms with Crippen LogP contribution in [0, 0.1) is 4.77 Å². The Morgan fingerprint density at radius 1 is 1.60 bits per heavy atom. The molecule has 80 valence electrons. The second kappa shape index (κ2) is 3.58. The van der Waals surface area contributed by atoms with Crippen LogP contribution in [0.1, 0.15) is 18.9 Å². The number of likely N-dealkylation sites (N-methyl/N-ethyl adjacent to an activating group) is 1. The average molecular weight is 226 g/mol. The van der Waals surface area contributed by atoms with Crippen LogP contribution < -0.4 is 0 Å². The van der Waals surface area contributed by atoms with Crippen molar-refractivity contribution in [2.24, 2.45) is 0 Å². The van der Waals surface area contributed by atoms with Crippen molar-refractivity contribution in [2.45, 2.75) is 18.9 Å². The van der Waals surface area contributed by atoms with Crippen LogP contribution >= 0.6 is 12.2 Å². The van der Waals surface area contributed by atoms with Gasteiger partial charge in [-0.1, -0.05) is 0 Å². The fraction of sp³-hybridized carbons (Fsp3) is 0.500. The summed E-state index contributed by atoms with van der Waals surface area (Å²) >= 11 is 4.98. The molecule has 0 spiro atoms. The molecule has 0 radical (unpaired) electrons. The summed E-state index contributed by atoms with van der Waals surface area (Å²) in [4.78, 5) is 24.2. The van der Waals surface area contributed by atoms with E-state index in [0.29, 0.717) is 17.6 Å². The third-order valence-electron chi connectivity index (χ3n) is 2.53. The molecular formula is C8H10N4O2S. The minimum Gasteiger partial charge on any atom is -0.294 e. The number of imide groups is 1. The number of amides is 2. The van der Waals surface area contributed by atoms with Gasteiger partial charge in [-0.05, 0) is 18.6 Å². The van der Waals surface area contributed by atoms with Gasteiger partial charge in [0.2, 0.25) is 5.91 Å². The maximum absolute atomic E-state index is 11.8. The summed E-state index contributed by atoms with van der Waals surface area (Å²) < 4.78 is 1.98. The van der Waals surface area contributed by atoms with Crippen LogP contribution in [-0.4, -0.2) is 38.5 Å². The Hall–Kier alpha value is -1.50. The zero-order chi connectivity index (χ0) is 11.0. The van der Waals surface area contributed by atoms with E-state index in [2.05, 4.69) is 10.2 Å². The quantitative estimate of drug-likeness (QED) is 0.551. The molecule has 1 saturated heterocycles. The number of carbonyl (C=O) groups is 2. The fourth-order valence-electron chi connectivity index (χ4n) is 1.63. The van der Waals surface area contributed by atoms with Crippen LogP contribution in [0.15, 0.2) is 6.33 Å². The molecule has 0 bridgehead atoms. The van der Waals surface area contributed by atoms with E-state index in [1.54, 1.807) is 4.57 Å². The molecule has 0 saturated carbocycles. The molecule has 2 rings (SSSR count). The topological polar surface area (TPSA) is 71.0 Å². The predicted molar refractivity (Wildman–Crippen MR) is 53.5 cm³/mol. The van der Waals surface area contributed by atoms with Gasteiger partial charge in [-0.15, -0.1) is 0 Å². The highest BCUT2D eigenvalue weighted by atomic mass is 32.1. The summed E-state index contributed by atoms with van der Waals surface area (Å²) in [6, 6.07) is -0.404. The highest BCUT2D eigenvalue weighted by Crippen LogP contribution is 2.22. The van der Waals surface area contributed by atoms with Crippen molar-refractivity contribution >= 4 is 24.0 Å². The van der Waals surface area contributed by atoms with E-state index in [1.807, 2.05) is 0 Å². The highest BCUT2D eigenvalue weighted by molar-refractivity contribution is 7.71. The monoisotopic (exact) mass is 226 g/mol. The van der Waals surface area contributed by atoms with Gasteiger partial charge in [0.15, 0.2) is 4.77 Å². The van der Waals surface area contributed by atoms with Crippen LogP contribution in [0.4, 0.5) is 0 Å². The van der Waals surface area contributed by atoms with E-state index in [-0.39, 0.29) is 11.8 Å². The first-order valence-corrected chi connectivity index (χ1v) is 4.94. The second-order valence-electron chi connectivity index (χ2n) is 3.41. The lowest BCUT2D eigenvalue weighted by molar-refractivity contribution is -0.149. The molecule has 0 aromatic carbocycles. The summed E-state index contributed by atoms with van der Waals surface area (Å²) in [6.07, 6.45) is 2.32. The number of H-pyrrole nitrogens is 1. The molecule has 1 N–H and O–H groups in total. The van der Waals surface area contributed by atoms with E-state index >= 15 is 0 Å². The van der Waals surface area contributed by atoms with Crippen molar-refractivity contribution < 1.29 is 9.59 Å². The number of carbonyl (C=O) groups excluding carboxylic acids is 2. The van der Waals surface area contributed by atoms with Crippen molar-refractivity contribution in [1.29, 1.82) is 0 Å². The number of rotatable bonds is 1. The molecule has 2 heterocycles. The Morgan fingerprint density at radius 3 is 2.93 bits per heavy atom. The number of nitrogens with zero attached hydrogens (tertiary/aromatic N) is 3. The number of aromatic amines is 1. The van der Waals surface area contributed by atoms with Crippen LogP contribution in [0.2, 0.25) is 0 Å². The zero-order valence-electron chi connectivity index (χ0n) is 8.14. The molecule has 1 unspecified atom stereocenters. The second-order valence-corrected chi connectivity index (χ2v) is 3.80. The van der Waals surface area contributed by atoms with E-state index in [0.717, 1.165) is 4.90 Å². The van der Waals surface area contributed by atoms with E-state index < -0.39 is 6.04 Å². The van der Waals surface area contributed by atoms with Crippen LogP contribution in [0.25, 0.3) is 0 Å². The Bertz CT molecular complexity index is 463. The van der Waals surface area contributed by atoms with Gasteiger partial charge in [-0.3, -0.25) is 24.2 Å². The maximum Gasteiger partial charge on any atom is 0.252 e. The van der Waals surface area contributed by atoms with Gasteiger partial charge in [0.05, 0.1) is 0 Å². The normalized spacial score (nSPS) is 22.2. The van der Waals surface area contributed by atoms with E-state index in [1.165, 1.54) is 13.4 Å². The molecule has 2 amide bonds. The van der Waals surface area contributed by atoms with Crippen LogP contribution in [-0.2, 0) is 9.59 Å². The van der Waals surface area contributed by atoms with Crippen molar-refractivity contribution in [3.05, 3.63) is 11.1 Å². The Kier molecular flexibility index (Phi) is 2.39. The minimum absolute atomic E-state index is 0.147. The number of hydrogen-bond acceptors (Lipinski definition) is 4. The number of aromatic nitrogens is 3. The molecule has 15 heavy (non-hydrogen) atoms. The summed E-state index contributed by atoms with van der Waals surface area (Å²) in [5, 5.41) is 6.34. The predicted octanol–water partition coefficient (Wildman–Crippen LogP) is 0.261. The third-order valence-corrected chi connectivity index (χ3v) is 2.84. The molecule has 1 aliphatic rings. The van der Waals surface area contributed by atoms with Crippen molar-refractivity contribution in [2.75, 3.05) is 7.05 Å². The molecule has 1 aromatic heterocycles. The van der Waals surface area contributed by atoms with Gasteiger partial charge in [0, 0.05) is 13.5 Å². The van der Waals surface area contributed by atoms with Crippen molar-refractivity contribution in [1.82, 2.24) is 19.7 Å². The number of hydrogen-bond donors (Lipinski definition) is 1. The SMILES string of the molecule is CN1C(=O)CCC(n2cn[nH]c2=S)C1=O. The van der Waals surface area contributed by atoms with Crippen LogP contribution in [0.5, 0.6) is 0 Å². The standard InChI is InChI=1S/C8H10N4O2S/c1-11-6(13)3-2-5(7(11)14)12-4-9-10-8(12)15/h4-5H,2-3H2,1H3,(H,10,15). The lowest BCUT2D eigenvalue weighted by Crippen LogP contribution is -2.43. The summed E-state index contributed by atoms with van der Waals surface area (Å²) in [5.41, 5.74) is 0. The molecule has 6 nitrogen and oxygen atoms in total. The first kappa shape index (κ1) is 10.0. The van der Waals surface area contributed by atoms with Crippen molar-refractivity contribution in [3.63, 3.8) is 0 Å². The maximum atomic E-state index is 11.8. The van der Waals surface area contributed by atoms with Crippen LogP contribution in [0.3, 0.4) is 0 Å². The molecule has 0 aliphatic carbocycles. The summed E-state index contributed by atoms with van der Waals surface area (Å²) in [5.74, 6) is -0.380. The van der Waals surface area contributed by atoms with Gasteiger partial charge in [-0.25, -0.2) is 0 Å². The number of piperidine rings is 1. The minimum atomic E-state index is -0.404. The van der Waals surface area contributed by atoms with Gasteiger partial charge in [-0.2, -0.15) is 5.10 Å². The molecule has 7 heteroatoms. The molecule has 1 aromatic rings. The van der Waals surface area contributed by atoms with E-state index in [9.17, 15) is 9.59 Å². The average Bonchev–Trinajstić information content (AvgIpc) is 2.62. The lowest BCUT2D eigenvalue weighted by atomic mass is 10.0. The zero-order valence-corrected chi connectivity index (χ0v) is 8.95. The Balaban J connectivity index is 2.33. The molecular weight excluding hydrogens is 216 g/mol. The number of nitrogens with one attached hydrogen (secondary N) is 1. The smallest absolute Gasteiger partial charge is 0.252 e. The Morgan fingerprint density at radius 2 is 2.33 bits per heavy atom. The largest absolute Gasteiger partial charge is 0.294 e. The van der Waals surface area contributed by atoms with E-state index in [4.69, 9.17) is 12.2 Å². The van der Waals surface area contributed by atoms with Gasteiger partial charge < -0.3 is 0 Å². The first-order chi connectivity index (χ1) is 7.11. The number of likely N-dealkylation sites (tertiary alicyclic amines) is 1. The summed E-state index contributed by atoms with van der Waals surface area (Å²) in [6.45, 7) is 0. The molecule has 1 atom stereocenters. The fourth-order valence-corrected chi connectivity index (χ4v) is 1.86. The third kappa shape index (κ3) is 1.58. The highest BCUT2D eigenvalue weighted by Gasteiger charge is 2.33. The molecule has 1 fully saturated rings.